The van der Waals surface area contributed by atoms with Gasteiger partial charge in [-0.25, -0.2) is 4.79 Å². The average Bonchev–Trinajstić information content (AvgIpc) is 2.64. The van der Waals surface area contributed by atoms with E-state index in [9.17, 15) is 9.59 Å². The minimum atomic E-state index is -0.950. The predicted molar refractivity (Wildman–Crippen MR) is 62.6 cm³/mol. The lowest BCUT2D eigenvalue weighted by Gasteiger charge is -2.12. The van der Waals surface area contributed by atoms with Gasteiger partial charge in [-0.3, -0.25) is 4.79 Å². The summed E-state index contributed by atoms with van der Waals surface area (Å²) < 4.78 is 0. The number of carboxylic acids is 1. The second-order valence-corrected chi connectivity index (χ2v) is 4.04. The molecular formula is C13H13NO3. The highest BCUT2D eigenvalue weighted by atomic mass is 16.4. The number of hydrogen-bond donors (Lipinski definition) is 1. The van der Waals surface area contributed by atoms with Crippen molar-refractivity contribution < 1.29 is 14.7 Å². The van der Waals surface area contributed by atoms with Crippen LogP contribution in [0.3, 0.4) is 0 Å². The Balaban J connectivity index is 2.11. The first-order valence-corrected chi connectivity index (χ1v) is 5.37. The molecule has 1 N–H and O–H groups in total. The predicted octanol–water partition coefficient (Wildman–Crippen LogP) is 1.67. The van der Waals surface area contributed by atoms with Crippen LogP contribution in [0.4, 0.5) is 0 Å². The molecule has 0 atom stereocenters. The minimum absolute atomic E-state index is 0.0324. The molecule has 0 bridgehead atoms. The van der Waals surface area contributed by atoms with Crippen molar-refractivity contribution in [2.45, 2.75) is 13.5 Å². The van der Waals surface area contributed by atoms with Gasteiger partial charge >= 0.3 is 5.97 Å². The summed E-state index contributed by atoms with van der Waals surface area (Å²) in [5.41, 5.74) is 1.97. The lowest BCUT2D eigenvalue weighted by atomic mass is 10.1. The molecule has 1 aliphatic heterocycles. The quantitative estimate of drug-likeness (QED) is 0.805. The Bertz CT molecular complexity index is 505. The van der Waals surface area contributed by atoms with Gasteiger partial charge in [-0.2, -0.15) is 0 Å². The van der Waals surface area contributed by atoms with Crippen molar-refractivity contribution in [3.8, 4) is 0 Å². The molecule has 1 aliphatic rings. The van der Waals surface area contributed by atoms with Gasteiger partial charge in [0.15, 0.2) is 0 Å². The highest BCUT2D eigenvalue weighted by Crippen LogP contribution is 2.21. The van der Waals surface area contributed by atoms with Crippen molar-refractivity contribution in [3.63, 3.8) is 0 Å². The van der Waals surface area contributed by atoms with Crippen LogP contribution in [0, 0.1) is 0 Å². The zero-order valence-electron chi connectivity index (χ0n) is 9.51. The summed E-state index contributed by atoms with van der Waals surface area (Å²) in [5, 5.41) is 8.72. The summed E-state index contributed by atoms with van der Waals surface area (Å²) in [6.07, 6.45) is 1.56. The molecule has 4 nitrogen and oxygen atoms in total. The Morgan fingerprint density at radius 3 is 2.82 bits per heavy atom. The summed E-state index contributed by atoms with van der Waals surface area (Å²) in [6, 6.07) is 7.44. The molecule has 0 saturated heterocycles. The average molecular weight is 231 g/mol. The highest BCUT2D eigenvalue weighted by molar-refractivity contribution is 5.98. The molecule has 1 aromatic rings. The number of hydrogen-bond acceptors (Lipinski definition) is 2. The molecule has 0 spiro atoms. The number of aliphatic carboxylic acids is 1. The first-order chi connectivity index (χ1) is 8.09. The summed E-state index contributed by atoms with van der Waals surface area (Å²) >= 11 is 0. The maximum Gasteiger partial charge on any atom is 0.331 e. The standard InChI is InChI=1S/C13H13NO3/c1-9(13(16)17)6-7-14-8-10-4-2-3-5-11(10)12(14)15/h2-6H,7-8H2,1H3,(H,16,17). The lowest BCUT2D eigenvalue weighted by Crippen LogP contribution is -2.24. The van der Waals surface area contributed by atoms with Gasteiger partial charge in [0.25, 0.3) is 5.91 Å². The van der Waals surface area contributed by atoms with Crippen LogP contribution in [0.25, 0.3) is 0 Å². The van der Waals surface area contributed by atoms with Gasteiger partial charge in [0.1, 0.15) is 0 Å². The zero-order valence-corrected chi connectivity index (χ0v) is 9.51. The van der Waals surface area contributed by atoms with Crippen LogP contribution in [-0.4, -0.2) is 28.4 Å². The van der Waals surface area contributed by atoms with Crippen molar-refractivity contribution >= 4 is 11.9 Å². The van der Waals surface area contributed by atoms with Crippen LogP contribution in [0.2, 0.25) is 0 Å². The topological polar surface area (TPSA) is 57.6 Å². The number of carbonyl (C=O) groups is 2. The van der Waals surface area contributed by atoms with Crippen LogP contribution in [0.5, 0.6) is 0 Å². The first kappa shape index (κ1) is 11.4. The van der Waals surface area contributed by atoms with E-state index in [-0.39, 0.29) is 11.5 Å². The maximum absolute atomic E-state index is 11.9. The molecule has 0 unspecified atom stereocenters. The summed E-state index contributed by atoms with van der Waals surface area (Å²) in [4.78, 5) is 24.2. The van der Waals surface area contributed by atoms with E-state index in [2.05, 4.69) is 0 Å². The molecule has 0 fully saturated rings. The van der Waals surface area contributed by atoms with E-state index in [1.165, 1.54) is 6.92 Å². The maximum atomic E-state index is 11.9. The van der Waals surface area contributed by atoms with Crippen LogP contribution in [0.15, 0.2) is 35.9 Å². The van der Waals surface area contributed by atoms with E-state index in [0.717, 1.165) is 5.56 Å². The first-order valence-electron chi connectivity index (χ1n) is 5.37. The number of carboxylic acid groups (broad SMARTS) is 1. The van der Waals surface area contributed by atoms with E-state index < -0.39 is 5.97 Å². The molecule has 2 rings (SSSR count). The third kappa shape index (κ3) is 2.20. The van der Waals surface area contributed by atoms with Crippen LogP contribution in [-0.2, 0) is 11.3 Å². The van der Waals surface area contributed by atoms with E-state index in [1.807, 2.05) is 18.2 Å². The van der Waals surface area contributed by atoms with Gasteiger partial charge in [0.05, 0.1) is 0 Å². The van der Waals surface area contributed by atoms with Crippen LogP contribution < -0.4 is 0 Å². The molecule has 17 heavy (non-hydrogen) atoms. The van der Waals surface area contributed by atoms with E-state index in [0.29, 0.717) is 18.7 Å². The van der Waals surface area contributed by atoms with Crippen molar-refractivity contribution in [3.05, 3.63) is 47.0 Å². The number of benzene rings is 1. The molecule has 1 aromatic carbocycles. The largest absolute Gasteiger partial charge is 0.478 e. The Hall–Kier alpha value is -2.10. The van der Waals surface area contributed by atoms with Crippen molar-refractivity contribution in [2.75, 3.05) is 6.54 Å². The Kier molecular flexibility index (Phi) is 2.95. The smallest absolute Gasteiger partial charge is 0.331 e. The summed E-state index contributed by atoms with van der Waals surface area (Å²) in [6.45, 7) is 2.42. The molecular weight excluding hydrogens is 218 g/mol. The Morgan fingerprint density at radius 1 is 1.47 bits per heavy atom. The molecule has 0 radical (unpaired) electrons. The molecule has 0 saturated carbocycles. The lowest BCUT2D eigenvalue weighted by molar-refractivity contribution is -0.132. The minimum Gasteiger partial charge on any atom is -0.478 e. The summed E-state index contributed by atoms with van der Waals surface area (Å²) in [7, 11) is 0. The molecule has 0 aliphatic carbocycles. The number of amides is 1. The zero-order chi connectivity index (χ0) is 12.4. The molecule has 0 aromatic heterocycles. The molecule has 4 heteroatoms. The van der Waals surface area contributed by atoms with E-state index >= 15 is 0 Å². The third-order valence-electron chi connectivity index (χ3n) is 2.85. The fourth-order valence-electron chi connectivity index (χ4n) is 1.80. The fourth-order valence-corrected chi connectivity index (χ4v) is 1.80. The number of fused-ring (bicyclic) bond motifs is 1. The van der Waals surface area contributed by atoms with Gasteiger partial charge in [-0.15, -0.1) is 0 Å². The van der Waals surface area contributed by atoms with Crippen molar-refractivity contribution in [1.29, 1.82) is 0 Å². The fraction of sp³-hybridized carbons (Fsp3) is 0.231. The Morgan fingerprint density at radius 2 is 2.18 bits per heavy atom. The van der Waals surface area contributed by atoms with E-state index in [4.69, 9.17) is 5.11 Å². The van der Waals surface area contributed by atoms with Crippen molar-refractivity contribution in [1.82, 2.24) is 4.90 Å². The molecule has 1 heterocycles. The molecule has 1 amide bonds. The molecule has 88 valence electrons. The second kappa shape index (κ2) is 4.41. The van der Waals surface area contributed by atoms with E-state index in [1.54, 1.807) is 17.0 Å². The van der Waals surface area contributed by atoms with Gasteiger partial charge < -0.3 is 10.0 Å². The second-order valence-electron chi connectivity index (χ2n) is 4.04. The van der Waals surface area contributed by atoms with Crippen molar-refractivity contribution in [2.24, 2.45) is 0 Å². The third-order valence-corrected chi connectivity index (χ3v) is 2.85. The van der Waals surface area contributed by atoms with Gasteiger partial charge in [-0.1, -0.05) is 24.3 Å². The number of rotatable bonds is 3. The summed E-state index contributed by atoms with van der Waals surface area (Å²) in [5.74, 6) is -0.982. The highest BCUT2D eigenvalue weighted by Gasteiger charge is 2.25. The van der Waals surface area contributed by atoms with Crippen LogP contribution >= 0.6 is 0 Å². The SMILES string of the molecule is CC(=CCN1Cc2ccccc2C1=O)C(=O)O. The number of nitrogens with zero attached hydrogens (tertiary/aromatic N) is 1. The normalized spacial score (nSPS) is 15.0. The monoisotopic (exact) mass is 231 g/mol. The Labute approximate surface area is 99.2 Å². The van der Waals surface area contributed by atoms with Gasteiger partial charge in [-0.05, 0) is 18.6 Å². The number of carbonyl (C=O) groups excluding carboxylic acids is 1. The van der Waals surface area contributed by atoms with Gasteiger partial charge in [0.2, 0.25) is 0 Å². The van der Waals surface area contributed by atoms with Crippen LogP contribution in [0.1, 0.15) is 22.8 Å². The van der Waals surface area contributed by atoms with Gasteiger partial charge in [0, 0.05) is 24.2 Å².